The van der Waals surface area contributed by atoms with Gasteiger partial charge in [-0.25, -0.2) is 0 Å². The van der Waals surface area contributed by atoms with Crippen LogP contribution in [-0.4, -0.2) is 49.7 Å². The SMILES string of the molecule is CC(C)C(CNC(=O)C1CC1c1ccc(Br)cc1)N1CCOCC1. The maximum Gasteiger partial charge on any atom is 0.223 e. The summed E-state index contributed by atoms with van der Waals surface area (Å²) in [7, 11) is 0. The highest BCUT2D eigenvalue weighted by molar-refractivity contribution is 9.10. The molecule has 5 heteroatoms. The zero-order valence-corrected chi connectivity index (χ0v) is 16.1. The topological polar surface area (TPSA) is 41.6 Å². The van der Waals surface area contributed by atoms with E-state index in [1.807, 2.05) is 0 Å². The van der Waals surface area contributed by atoms with Crippen LogP contribution in [0.1, 0.15) is 31.7 Å². The van der Waals surface area contributed by atoms with Crippen LogP contribution in [0.25, 0.3) is 0 Å². The Kier molecular flexibility index (Phi) is 5.95. The van der Waals surface area contributed by atoms with Gasteiger partial charge in [-0.15, -0.1) is 0 Å². The van der Waals surface area contributed by atoms with Crippen molar-refractivity contribution in [2.24, 2.45) is 11.8 Å². The molecule has 3 unspecified atom stereocenters. The zero-order chi connectivity index (χ0) is 17.1. The lowest BCUT2D eigenvalue weighted by atomic mass is 10.0. The van der Waals surface area contributed by atoms with Gasteiger partial charge in [0.05, 0.1) is 13.2 Å². The Balaban J connectivity index is 1.50. The first-order valence-electron chi connectivity index (χ1n) is 8.91. The molecule has 1 saturated carbocycles. The standard InChI is InChI=1S/C19H27BrN2O2/c1-13(2)18(22-7-9-24-10-8-22)12-21-19(23)17-11-16(17)14-3-5-15(20)6-4-14/h3-6,13,16-18H,7-12H2,1-2H3,(H,21,23). The summed E-state index contributed by atoms with van der Waals surface area (Å²) in [6.45, 7) is 8.71. The fourth-order valence-electron chi connectivity index (χ4n) is 3.59. The van der Waals surface area contributed by atoms with Crippen LogP contribution >= 0.6 is 15.9 Å². The van der Waals surface area contributed by atoms with Gasteiger partial charge in [0.2, 0.25) is 5.91 Å². The molecule has 24 heavy (non-hydrogen) atoms. The fourth-order valence-corrected chi connectivity index (χ4v) is 3.86. The molecular weight excluding hydrogens is 368 g/mol. The molecular formula is C19H27BrN2O2. The highest BCUT2D eigenvalue weighted by Crippen LogP contribution is 2.47. The van der Waals surface area contributed by atoms with Crippen molar-refractivity contribution in [2.45, 2.75) is 32.2 Å². The maximum absolute atomic E-state index is 12.5. The summed E-state index contributed by atoms with van der Waals surface area (Å²) in [5.74, 6) is 1.26. The predicted molar refractivity (Wildman–Crippen MR) is 99.0 cm³/mol. The minimum atomic E-state index is 0.142. The molecule has 2 aliphatic rings. The summed E-state index contributed by atoms with van der Waals surface area (Å²) in [6.07, 6.45) is 0.970. The summed E-state index contributed by atoms with van der Waals surface area (Å²) in [4.78, 5) is 15.0. The van der Waals surface area contributed by atoms with Crippen LogP contribution in [-0.2, 0) is 9.53 Å². The molecule has 1 heterocycles. The minimum Gasteiger partial charge on any atom is -0.379 e. The van der Waals surface area contributed by atoms with Crippen molar-refractivity contribution in [1.82, 2.24) is 10.2 Å². The molecule has 4 nitrogen and oxygen atoms in total. The van der Waals surface area contributed by atoms with E-state index in [4.69, 9.17) is 4.74 Å². The molecule has 0 aromatic heterocycles. The summed E-state index contributed by atoms with van der Waals surface area (Å²) in [6, 6.07) is 8.73. The third kappa shape index (κ3) is 4.38. The third-order valence-electron chi connectivity index (χ3n) is 5.20. The molecule has 1 aromatic rings. The lowest BCUT2D eigenvalue weighted by Crippen LogP contribution is -2.51. The number of carbonyl (C=O) groups excluding carboxylic acids is 1. The molecule has 0 radical (unpaired) electrons. The second-order valence-electron chi connectivity index (χ2n) is 7.21. The Hall–Kier alpha value is -0.910. The van der Waals surface area contributed by atoms with Crippen LogP contribution in [0.15, 0.2) is 28.7 Å². The van der Waals surface area contributed by atoms with Crippen LogP contribution in [0.3, 0.4) is 0 Å². The molecule has 2 fully saturated rings. The van der Waals surface area contributed by atoms with Crippen molar-refractivity contribution in [2.75, 3.05) is 32.8 Å². The van der Waals surface area contributed by atoms with Gasteiger partial charge < -0.3 is 10.1 Å². The molecule has 1 amide bonds. The lowest BCUT2D eigenvalue weighted by molar-refractivity contribution is -0.122. The van der Waals surface area contributed by atoms with Crippen LogP contribution in [0.2, 0.25) is 0 Å². The molecule has 1 aliphatic carbocycles. The van der Waals surface area contributed by atoms with Gasteiger partial charge in [0.15, 0.2) is 0 Å². The lowest BCUT2D eigenvalue weighted by Gasteiger charge is -2.37. The first-order valence-corrected chi connectivity index (χ1v) is 9.70. The number of rotatable bonds is 6. The van der Waals surface area contributed by atoms with E-state index < -0.39 is 0 Å². The van der Waals surface area contributed by atoms with Gasteiger partial charge in [-0.2, -0.15) is 0 Å². The summed E-state index contributed by atoms with van der Waals surface area (Å²) < 4.78 is 6.52. The first kappa shape index (κ1) is 17.9. The van der Waals surface area contributed by atoms with Gasteiger partial charge in [0.25, 0.3) is 0 Å². The number of hydrogen-bond donors (Lipinski definition) is 1. The van der Waals surface area contributed by atoms with Gasteiger partial charge in [-0.05, 0) is 36.0 Å². The highest BCUT2D eigenvalue weighted by Gasteiger charge is 2.44. The van der Waals surface area contributed by atoms with Crippen molar-refractivity contribution in [3.05, 3.63) is 34.3 Å². The number of hydrogen-bond acceptors (Lipinski definition) is 3. The van der Waals surface area contributed by atoms with Gasteiger partial charge in [0.1, 0.15) is 0 Å². The maximum atomic E-state index is 12.5. The predicted octanol–water partition coefficient (Wildman–Crippen LogP) is 3.03. The number of nitrogens with one attached hydrogen (secondary N) is 1. The van der Waals surface area contributed by atoms with E-state index in [1.54, 1.807) is 0 Å². The normalized spacial score (nSPS) is 25.5. The molecule has 1 saturated heterocycles. The Bertz CT molecular complexity index is 555. The number of carbonyl (C=O) groups is 1. The Morgan fingerprint density at radius 3 is 2.58 bits per heavy atom. The van der Waals surface area contributed by atoms with Crippen molar-refractivity contribution in [3.63, 3.8) is 0 Å². The largest absolute Gasteiger partial charge is 0.379 e. The fraction of sp³-hybridized carbons (Fsp3) is 0.632. The quantitative estimate of drug-likeness (QED) is 0.805. The van der Waals surface area contributed by atoms with Crippen LogP contribution in [0.4, 0.5) is 0 Å². The van der Waals surface area contributed by atoms with Gasteiger partial charge in [-0.1, -0.05) is 41.9 Å². The molecule has 0 bridgehead atoms. The molecule has 3 atom stereocenters. The third-order valence-corrected chi connectivity index (χ3v) is 5.72. The Morgan fingerprint density at radius 2 is 1.96 bits per heavy atom. The van der Waals surface area contributed by atoms with E-state index in [2.05, 4.69) is 64.3 Å². The summed E-state index contributed by atoms with van der Waals surface area (Å²) in [5.41, 5.74) is 1.27. The van der Waals surface area contributed by atoms with Crippen molar-refractivity contribution in [1.29, 1.82) is 0 Å². The molecule has 1 aliphatic heterocycles. The van der Waals surface area contributed by atoms with E-state index in [-0.39, 0.29) is 11.8 Å². The van der Waals surface area contributed by atoms with Crippen LogP contribution < -0.4 is 5.32 Å². The summed E-state index contributed by atoms with van der Waals surface area (Å²) in [5, 5.41) is 3.20. The average Bonchev–Trinajstić information content (AvgIpc) is 3.37. The first-order chi connectivity index (χ1) is 11.6. The molecule has 0 spiro atoms. The number of amides is 1. The number of morpholine rings is 1. The Labute approximate surface area is 153 Å². The smallest absolute Gasteiger partial charge is 0.223 e. The minimum absolute atomic E-state index is 0.142. The second kappa shape index (κ2) is 7.98. The van der Waals surface area contributed by atoms with Crippen LogP contribution in [0.5, 0.6) is 0 Å². The number of halogens is 1. The van der Waals surface area contributed by atoms with Crippen molar-refractivity contribution >= 4 is 21.8 Å². The second-order valence-corrected chi connectivity index (χ2v) is 8.12. The van der Waals surface area contributed by atoms with E-state index in [0.29, 0.717) is 17.9 Å². The number of ether oxygens (including phenoxy) is 1. The molecule has 3 rings (SSSR count). The Morgan fingerprint density at radius 1 is 1.29 bits per heavy atom. The molecule has 1 N–H and O–H groups in total. The van der Waals surface area contributed by atoms with Crippen molar-refractivity contribution in [3.8, 4) is 0 Å². The van der Waals surface area contributed by atoms with E-state index in [9.17, 15) is 4.79 Å². The average molecular weight is 395 g/mol. The monoisotopic (exact) mass is 394 g/mol. The van der Waals surface area contributed by atoms with E-state index in [0.717, 1.165) is 43.7 Å². The summed E-state index contributed by atoms with van der Waals surface area (Å²) >= 11 is 3.46. The van der Waals surface area contributed by atoms with E-state index >= 15 is 0 Å². The molecule has 1 aromatic carbocycles. The number of nitrogens with zero attached hydrogens (tertiary/aromatic N) is 1. The zero-order valence-electron chi connectivity index (χ0n) is 14.5. The van der Waals surface area contributed by atoms with Gasteiger partial charge in [-0.3, -0.25) is 9.69 Å². The molecule has 132 valence electrons. The number of benzene rings is 1. The van der Waals surface area contributed by atoms with Gasteiger partial charge in [0, 0.05) is 36.1 Å². The highest BCUT2D eigenvalue weighted by atomic mass is 79.9. The van der Waals surface area contributed by atoms with Crippen molar-refractivity contribution < 1.29 is 9.53 Å². The van der Waals surface area contributed by atoms with E-state index in [1.165, 1.54) is 5.56 Å². The van der Waals surface area contributed by atoms with Gasteiger partial charge >= 0.3 is 0 Å². The van der Waals surface area contributed by atoms with Crippen LogP contribution in [0, 0.1) is 11.8 Å².